The van der Waals surface area contributed by atoms with Crippen molar-refractivity contribution in [3.63, 3.8) is 0 Å². The molecule has 0 bridgehead atoms. The highest BCUT2D eigenvalue weighted by atomic mass is 16.3. The van der Waals surface area contributed by atoms with Crippen molar-refractivity contribution >= 4 is 0 Å². The Labute approximate surface area is 118 Å². The first-order valence-corrected chi connectivity index (χ1v) is 8.46. The van der Waals surface area contributed by atoms with Gasteiger partial charge < -0.3 is 5.11 Å². The van der Waals surface area contributed by atoms with Crippen molar-refractivity contribution in [2.75, 3.05) is 32.8 Å². The summed E-state index contributed by atoms with van der Waals surface area (Å²) >= 11 is 0. The highest BCUT2D eigenvalue weighted by Crippen LogP contribution is 2.29. The fourth-order valence-corrected chi connectivity index (χ4v) is 4.48. The number of rotatable bonds is 5. The normalized spacial score (nSPS) is 34.6. The van der Waals surface area contributed by atoms with Crippen LogP contribution >= 0.6 is 0 Å². The molecule has 3 heteroatoms. The van der Waals surface area contributed by atoms with Gasteiger partial charge in [0.15, 0.2) is 0 Å². The summed E-state index contributed by atoms with van der Waals surface area (Å²) in [6, 6.07) is 1.22. The summed E-state index contributed by atoms with van der Waals surface area (Å²) in [6.07, 6.45) is 11.1. The second-order valence-corrected chi connectivity index (χ2v) is 6.92. The van der Waals surface area contributed by atoms with Gasteiger partial charge in [0.25, 0.3) is 0 Å². The van der Waals surface area contributed by atoms with Crippen LogP contribution in [-0.4, -0.2) is 59.8 Å². The van der Waals surface area contributed by atoms with Gasteiger partial charge in [-0.25, -0.2) is 0 Å². The van der Waals surface area contributed by atoms with Crippen LogP contribution in [0.1, 0.15) is 51.4 Å². The molecule has 0 radical (unpaired) electrons. The fraction of sp³-hybridized carbons (Fsp3) is 1.00. The fourth-order valence-electron chi connectivity index (χ4n) is 4.48. The molecule has 2 unspecified atom stereocenters. The van der Waals surface area contributed by atoms with Crippen molar-refractivity contribution in [1.82, 2.24) is 9.80 Å². The molecule has 3 aliphatic rings. The second kappa shape index (κ2) is 6.55. The third-order valence-corrected chi connectivity index (χ3v) is 5.62. The molecule has 0 amide bonds. The molecule has 1 aliphatic carbocycles. The average Bonchev–Trinajstić information content (AvgIpc) is 3.14. The molecule has 2 atom stereocenters. The lowest BCUT2D eigenvalue weighted by Crippen LogP contribution is -2.44. The number of aliphatic hydroxyl groups excluding tert-OH is 1. The molecule has 1 saturated carbocycles. The topological polar surface area (TPSA) is 26.7 Å². The maximum atomic E-state index is 9.45. The molecule has 2 heterocycles. The summed E-state index contributed by atoms with van der Waals surface area (Å²) in [5.41, 5.74) is 0. The number of aliphatic hydroxyl groups is 1. The van der Waals surface area contributed by atoms with Gasteiger partial charge in [-0.15, -0.1) is 0 Å². The van der Waals surface area contributed by atoms with Crippen molar-refractivity contribution in [2.45, 2.75) is 63.5 Å². The van der Waals surface area contributed by atoms with Gasteiger partial charge in [-0.1, -0.05) is 12.8 Å². The number of hydrogen-bond donors (Lipinski definition) is 1. The van der Waals surface area contributed by atoms with Gasteiger partial charge in [0.05, 0.1) is 6.61 Å². The quantitative estimate of drug-likeness (QED) is 0.825. The summed E-state index contributed by atoms with van der Waals surface area (Å²) in [4.78, 5) is 5.32. The molecule has 0 aromatic heterocycles. The van der Waals surface area contributed by atoms with Gasteiger partial charge in [-0.2, -0.15) is 0 Å². The average molecular weight is 266 g/mol. The molecule has 3 rings (SSSR count). The monoisotopic (exact) mass is 266 g/mol. The maximum Gasteiger partial charge on any atom is 0.0586 e. The molecule has 2 aliphatic heterocycles. The summed E-state index contributed by atoms with van der Waals surface area (Å²) in [5, 5.41) is 9.45. The molecule has 3 fully saturated rings. The van der Waals surface area contributed by atoms with Crippen molar-refractivity contribution in [2.24, 2.45) is 5.92 Å². The van der Waals surface area contributed by atoms with Crippen molar-refractivity contribution in [3.05, 3.63) is 0 Å². The Hall–Kier alpha value is -0.120. The van der Waals surface area contributed by atoms with Crippen molar-refractivity contribution in [3.8, 4) is 0 Å². The van der Waals surface area contributed by atoms with Crippen LogP contribution in [0.25, 0.3) is 0 Å². The van der Waals surface area contributed by atoms with E-state index >= 15 is 0 Å². The highest BCUT2D eigenvalue weighted by molar-refractivity contribution is 4.88. The Bertz CT molecular complexity index is 278. The van der Waals surface area contributed by atoms with E-state index in [0.29, 0.717) is 12.6 Å². The molecule has 19 heavy (non-hydrogen) atoms. The van der Waals surface area contributed by atoms with Crippen LogP contribution in [0.3, 0.4) is 0 Å². The zero-order valence-electron chi connectivity index (χ0n) is 12.3. The first-order chi connectivity index (χ1) is 9.36. The second-order valence-electron chi connectivity index (χ2n) is 6.92. The van der Waals surface area contributed by atoms with E-state index in [4.69, 9.17) is 0 Å². The summed E-state index contributed by atoms with van der Waals surface area (Å²) in [7, 11) is 0. The minimum Gasteiger partial charge on any atom is -0.395 e. The van der Waals surface area contributed by atoms with E-state index in [1.165, 1.54) is 77.5 Å². The highest BCUT2D eigenvalue weighted by Gasteiger charge is 2.32. The predicted octanol–water partition coefficient (Wildman–Crippen LogP) is 2.10. The maximum absolute atomic E-state index is 9.45. The smallest absolute Gasteiger partial charge is 0.0586 e. The minimum absolute atomic E-state index is 0.356. The molecule has 2 saturated heterocycles. The van der Waals surface area contributed by atoms with E-state index in [-0.39, 0.29) is 0 Å². The van der Waals surface area contributed by atoms with Gasteiger partial charge in [0.1, 0.15) is 0 Å². The molecule has 1 N–H and O–H groups in total. The SMILES string of the molecule is OCC1CCCN1CC1CCCN1CC1CCCC1. The minimum atomic E-state index is 0.356. The lowest BCUT2D eigenvalue weighted by atomic mass is 10.1. The van der Waals surface area contributed by atoms with Gasteiger partial charge in [0, 0.05) is 25.2 Å². The van der Waals surface area contributed by atoms with E-state index in [0.717, 1.165) is 12.0 Å². The van der Waals surface area contributed by atoms with E-state index in [1.807, 2.05) is 0 Å². The van der Waals surface area contributed by atoms with Crippen LogP contribution in [0.15, 0.2) is 0 Å². The van der Waals surface area contributed by atoms with E-state index < -0.39 is 0 Å². The molecule has 0 aromatic rings. The molecular formula is C16H30N2O. The van der Waals surface area contributed by atoms with Crippen LogP contribution in [0, 0.1) is 5.92 Å². The van der Waals surface area contributed by atoms with E-state index in [2.05, 4.69) is 9.80 Å². The molecule has 3 nitrogen and oxygen atoms in total. The Morgan fingerprint density at radius 1 is 0.737 bits per heavy atom. The molecule has 110 valence electrons. The number of hydrogen-bond acceptors (Lipinski definition) is 3. The van der Waals surface area contributed by atoms with E-state index in [1.54, 1.807) is 0 Å². The summed E-state index contributed by atoms with van der Waals surface area (Å²) in [5.74, 6) is 0.979. The molecule has 0 spiro atoms. The Morgan fingerprint density at radius 2 is 1.37 bits per heavy atom. The first kappa shape index (κ1) is 13.8. The third-order valence-electron chi connectivity index (χ3n) is 5.62. The van der Waals surface area contributed by atoms with Crippen molar-refractivity contribution in [1.29, 1.82) is 0 Å². The largest absolute Gasteiger partial charge is 0.395 e. The Morgan fingerprint density at radius 3 is 2.05 bits per heavy atom. The van der Waals surface area contributed by atoms with Crippen LogP contribution in [0.4, 0.5) is 0 Å². The third kappa shape index (κ3) is 3.32. The van der Waals surface area contributed by atoms with Crippen LogP contribution < -0.4 is 0 Å². The summed E-state index contributed by atoms with van der Waals surface area (Å²) < 4.78 is 0. The molecule has 0 aromatic carbocycles. The van der Waals surface area contributed by atoms with E-state index in [9.17, 15) is 5.11 Å². The lowest BCUT2D eigenvalue weighted by Gasteiger charge is -2.32. The van der Waals surface area contributed by atoms with Gasteiger partial charge >= 0.3 is 0 Å². The molecular weight excluding hydrogens is 236 g/mol. The lowest BCUT2D eigenvalue weighted by molar-refractivity contribution is 0.116. The van der Waals surface area contributed by atoms with Gasteiger partial charge in [0.2, 0.25) is 0 Å². The predicted molar refractivity (Wildman–Crippen MR) is 78.2 cm³/mol. The summed E-state index contributed by atoms with van der Waals surface area (Å²) in [6.45, 7) is 5.44. The van der Waals surface area contributed by atoms with Crippen LogP contribution in [0.5, 0.6) is 0 Å². The van der Waals surface area contributed by atoms with Crippen molar-refractivity contribution < 1.29 is 5.11 Å². The first-order valence-electron chi connectivity index (χ1n) is 8.46. The number of nitrogens with zero attached hydrogens (tertiary/aromatic N) is 2. The van der Waals surface area contributed by atoms with Gasteiger partial charge in [-0.05, 0) is 57.5 Å². The van der Waals surface area contributed by atoms with Crippen LogP contribution in [-0.2, 0) is 0 Å². The zero-order valence-corrected chi connectivity index (χ0v) is 12.3. The number of likely N-dealkylation sites (tertiary alicyclic amines) is 2. The zero-order chi connectivity index (χ0) is 13.1. The van der Waals surface area contributed by atoms with Crippen LogP contribution in [0.2, 0.25) is 0 Å². The Kier molecular flexibility index (Phi) is 4.78. The Balaban J connectivity index is 1.51. The van der Waals surface area contributed by atoms with Gasteiger partial charge in [-0.3, -0.25) is 9.80 Å². The standard InChI is InChI=1S/C16H30N2O/c19-13-16-8-4-10-18(16)12-15-7-3-9-17(15)11-14-5-1-2-6-14/h14-16,19H,1-13H2.